The van der Waals surface area contributed by atoms with Gasteiger partial charge in [0.2, 0.25) is 0 Å². The van der Waals surface area contributed by atoms with Gasteiger partial charge in [0.15, 0.2) is 0 Å². The van der Waals surface area contributed by atoms with E-state index in [1.54, 1.807) is 13.2 Å². The Hall–Kier alpha value is -3.74. The van der Waals surface area contributed by atoms with Crippen molar-refractivity contribution in [2.24, 2.45) is 0 Å². The molecule has 9 nitrogen and oxygen atoms in total. The minimum atomic E-state index is 0.0666. The van der Waals surface area contributed by atoms with Gasteiger partial charge >= 0.3 is 0 Å². The molecule has 3 aromatic rings. The number of ether oxygens (including phenoxy) is 3. The van der Waals surface area contributed by atoms with Gasteiger partial charge in [-0.15, -0.1) is 0 Å². The van der Waals surface area contributed by atoms with E-state index in [1.165, 1.54) is 6.33 Å². The Morgan fingerprint density at radius 2 is 1.78 bits per heavy atom. The molecule has 4 heterocycles. The molecule has 0 unspecified atom stereocenters. The lowest BCUT2D eigenvalue weighted by Gasteiger charge is -2.29. The summed E-state index contributed by atoms with van der Waals surface area (Å²) in [5, 5.41) is 13.0. The second-order valence-electron chi connectivity index (χ2n) is 9.55. The van der Waals surface area contributed by atoms with E-state index < -0.39 is 0 Å². The van der Waals surface area contributed by atoms with Crippen LogP contribution in [-0.4, -0.2) is 66.4 Å². The smallest absolute Gasteiger partial charge is 0.137 e. The van der Waals surface area contributed by atoms with E-state index >= 15 is 0 Å². The van der Waals surface area contributed by atoms with Crippen molar-refractivity contribution < 1.29 is 14.2 Å². The number of methoxy groups -OCH3 is 1. The summed E-state index contributed by atoms with van der Waals surface area (Å²) in [6.45, 7) is 3.52. The Balaban J connectivity index is 1.32. The van der Waals surface area contributed by atoms with Crippen molar-refractivity contribution in [3.8, 4) is 28.8 Å². The number of hydrogen-bond acceptors (Lipinski definition) is 9. The topological polar surface area (TPSA) is 105 Å². The third-order valence-electron chi connectivity index (χ3n) is 7.05. The monoisotopic (exact) mass is 500 g/mol. The van der Waals surface area contributed by atoms with Gasteiger partial charge in [-0.05, 0) is 57.1 Å². The molecule has 2 aliphatic heterocycles. The Morgan fingerprint density at radius 1 is 1.00 bits per heavy atom. The van der Waals surface area contributed by atoms with Crippen molar-refractivity contribution in [3.63, 3.8) is 0 Å². The van der Waals surface area contributed by atoms with Crippen LogP contribution in [-0.2, 0) is 4.74 Å². The molecular formula is C28H32N6O3. The molecule has 1 aromatic carbocycles. The molecule has 192 valence electrons. The van der Waals surface area contributed by atoms with E-state index in [4.69, 9.17) is 14.2 Å². The normalized spacial score (nSPS) is 17.2. The second kappa shape index (κ2) is 11.5. The molecule has 0 aliphatic carbocycles. The summed E-state index contributed by atoms with van der Waals surface area (Å²) in [7, 11) is 3.86. The van der Waals surface area contributed by atoms with E-state index in [0.717, 1.165) is 55.6 Å². The number of likely N-dealkylation sites (tertiary alicyclic amines) is 1. The van der Waals surface area contributed by atoms with Crippen molar-refractivity contribution in [2.45, 2.75) is 37.7 Å². The van der Waals surface area contributed by atoms with Crippen LogP contribution in [0.25, 0.3) is 11.3 Å². The molecule has 2 aromatic heterocycles. The van der Waals surface area contributed by atoms with E-state index in [9.17, 15) is 5.26 Å². The minimum absolute atomic E-state index is 0.0666. The average Bonchev–Trinajstić information content (AvgIpc) is 2.94. The summed E-state index contributed by atoms with van der Waals surface area (Å²) in [6.07, 6.45) is 7.32. The summed E-state index contributed by atoms with van der Waals surface area (Å²) in [5.41, 5.74) is 3.13. The summed E-state index contributed by atoms with van der Waals surface area (Å²) in [6, 6.07) is 11.6. The van der Waals surface area contributed by atoms with Crippen LogP contribution in [0.2, 0.25) is 0 Å². The maximum Gasteiger partial charge on any atom is 0.137 e. The van der Waals surface area contributed by atoms with Crippen LogP contribution in [0.1, 0.15) is 42.7 Å². The number of nitrogens with one attached hydrogen (secondary N) is 1. The summed E-state index contributed by atoms with van der Waals surface area (Å²) in [5.74, 6) is 3.13. The van der Waals surface area contributed by atoms with Crippen LogP contribution >= 0.6 is 0 Å². The quantitative estimate of drug-likeness (QED) is 0.501. The van der Waals surface area contributed by atoms with Crippen LogP contribution in [0, 0.1) is 11.3 Å². The zero-order valence-corrected chi connectivity index (χ0v) is 21.3. The number of rotatable bonds is 7. The van der Waals surface area contributed by atoms with Crippen molar-refractivity contribution in [1.82, 2.24) is 19.9 Å². The van der Waals surface area contributed by atoms with Gasteiger partial charge in [0.1, 0.15) is 41.6 Å². The third-order valence-corrected chi connectivity index (χ3v) is 7.05. The summed E-state index contributed by atoms with van der Waals surface area (Å²) in [4.78, 5) is 15.8. The van der Waals surface area contributed by atoms with Crippen LogP contribution in [0.15, 0.2) is 42.9 Å². The second-order valence-corrected chi connectivity index (χ2v) is 9.55. The molecule has 2 aliphatic rings. The van der Waals surface area contributed by atoms with Crippen LogP contribution in [0.3, 0.4) is 0 Å². The predicted octanol–water partition coefficient (Wildman–Crippen LogP) is 4.53. The molecule has 2 saturated heterocycles. The maximum absolute atomic E-state index is 9.73. The molecule has 1 N–H and O–H groups in total. The van der Waals surface area contributed by atoms with Gasteiger partial charge in [0, 0.05) is 42.3 Å². The molecule has 0 radical (unpaired) electrons. The lowest BCUT2D eigenvalue weighted by molar-refractivity contribution is 0.0254. The van der Waals surface area contributed by atoms with Crippen LogP contribution in [0.4, 0.5) is 11.6 Å². The zero-order chi connectivity index (χ0) is 25.6. The Labute approximate surface area is 217 Å². The summed E-state index contributed by atoms with van der Waals surface area (Å²) < 4.78 is 17.2. The molecule has 2 fully saturated rings. The molecule has 37 heavy (non-hydrogen) atoms. The molecule has 0 bridgehead atoms. The Bertz CT molecular complexity index is 1260. The molecular weight excluding hydrogens is 468 g/mol. The number of pyridine rings is 1. The van der Waals surface area contributed by atoms with Crippen LogP contribution in [0.5, 0.6) is 11.5 Å². The fourth-order valence-corrected chi connectivity index (χ4v) is 4.89. The fourth-order valence-electron chi connectivity index (χ4n) is 4.89. The highest BCUT2D eigenvalue weighted by Gasteiger charge is 2.22. The molecule has 5 rings (SSSR count). The highest BCUT2D eigenvalue weighted by atomic mass is 16.5. The van der Waals surface area contributed by atoms with Crippen molar-refractivity contribution in [2.75, 3.05) is 45.8 Å². The largest absolute Gasteiger partial charge is 0.496 e. The maximum atomic E-state index is 9.73. The van der Waals surface area contributed by atoms with E-state index in [1.807, 2.05) is 30.5 Å². The predicted molar refractivity (Wildman–Crippen MR) is 140 cm³/mol. The standard InChI is InChI=1S/C28H32N6O3/c1-34-9-5-19(6-10-34)23-17-30-28(15-26(23)35-2)33-27-14-24(31-18-32-27)20-3-4-25(21(13-20)16-29)37-22-7-11-36-12-8-22/h3-4,13-15,17-19,22H,5-12H2,1-2H3,(H,30,31,32,33). The van der Waals surface area contributed by atoms with Crippen LogP contribution < -0.4 is 14.8 Å². The lowest BCUT2D eigenvalue weighted by Crippen LogP contribution is -2.29. The first-order valence-corrected chi connectivity index (χ1v) is 12.7. The first-order valence-electron chi connectivity index (χ1n) is 12.7. The van der Waals surface area contributed by atoms with Crippen molar-refractivity contribution in [3.05, 3.63) is 54.0 Å². The van der Waals surface area contributed by atoms with E-state index in [-0.39, 0.29) is 6.10 Å². The minimum Gasteiger partial charge on any atom is -0.496 e. The van der Waals surface area contributed by atoms with Gasteiger partial charge < -0.3 is 24.4 Å². The van der Waals surface area contributed by atoms with Gasteiger partial charge in [0.25, 0.3) is 0 Å². The number of benzene rings is 1. The van der Waals surface area contributed by atoms with Gasteiger partial charge in [-0.2, -0.15) is 5.26 Å². The first kappa shape index (κ1) is 24.9. The molecule has 0 atom stereocenters. The Morgan fingerprint density at radius 3 is 2.54 bits per heavy atom. The van der Waals surface area contributed by atoms with E-state index in [2.05, 4.69) is 38.3 Å². The van der Waals surface area contributed by atoms with Gasteiger partial charge in [-0.25, -0.2) is 15.0 Å². The highest BCUT2D eigenvalue weighted by molar-refractivity contribution is 5.67. The molecule has 0 amide bonds. The first-order chi connectivity index (χ1) is 18.1. The van der Waals surface area contributed by atoms with Gasteiger partial charge in [0.05, 0.1) is 31.6 Å². The molecule has 9 heteroatoms. The van der Waals surface area contributed by atoms with Gasteiger partial charge in [-0.3, -0.25) is 0 Å². The number of piperidine rings is 1. The SMILES string of the molecule is COc1cc(Nc2cc(-c3ccc(OC4CCOCC4)c(C#N)c3)ncn2)ncc1C1CCN(C)CC1. The van der Waals surface area contributed by atoms with Gasteiger partial charge in [-0.1, -0.05) is 0 Å². The number of aromatic nitrogens is 3. The van der Waals surface area contributed by atoms with Crippen molar-refractivity contribution >= 4 is 11.6 Å². The number of anilines is 2. The Kier molecular flexibility index (Phi) is 7.78. The molecule has 0 saturated carbocycles. The van der Waals surface area contributed by atoms with E-state index in [0.29, 0.717) is 47.8 Å². The lowest BCUT2D eigenvalue weighted by atomic mass is 9.90. The molecule has 0 spiro atoms. The zero-order valence-electron chi connectivity index (χ0n) is 21.3. The highest BCUT2D eigenvalue weighted by Crippen LogP contribution is 2.35. The number of hydrogen-bond donors (Lipinski definition) is 1. The third kappa shape index (κ3) is 5.98. The van der Waals surface area contributed by atoms with Crippen molar-refractivity contribution in [1.29, 1.82) is 5.26 Å². The summed E-state index contributed by atoms with van der Waals surface area (Å²) >= 11 is 0. The fraction of sp³-hybridized carbons (Fsp3) is 0.429. The number of nitrogens with zero attached hydrogens (tertiary/aromatic N) is 5. The average molecular weight is 501 g/mol. The number of nitriles is 1.